The Kier molecular flexibility index (Phi) is 2.74. The molecule has 2 rings (SSSR count). The summed E-state index contributed by atoms with van der Waals surface area (Å²) in [6, 6.07) is 8.96. The fourth-order valence-corrected chi connectivity index (χ4v) is 1.63. The van der Waals surface area contributed by atoms with E-state index in [9.17, 15) is 14.4 Å². The Morgan fingerprint density at radius 1 is 1.24 bits per heavy atom. The van der Waals surface area contributed by atoms with Crippen LogP contribution in [-0.4, -0.2) is 27.9 Å². The summed E-state index contributed by atoms with van der Waals surface area (Å²) in [4.78, 5) is 33.9. The van der Waals surface area contributed by atoms with Crippen molar-refractivity contribution in [3.05, 3.63) is 41.5 Å². The third-order valence-corrected chi connectivity index (χ3v) is 2.40. The summed E-state index contributed by atoms with van der Waals surface area (Å²) in [7, 11) is 0. The Bertz CT molecular complexity index is 519. The topological polar surface area (TPSA) is 74.7 Å². The number of carboxylic acid groups (broad SMARTS) is 1. The van der Waals surface area contributed by atoms with Gasteiger partial charge in [0.25, 0.3) is 5.91 Å². The van der Waals surface area contributed by atoms with Gasteiger partial charge in [-0.05, 0) is 11.6 Å². The first kappa shape index (κ1) is 11.1. The van der Waals surface area contributed by atoms with E-state index < -0.39 is 17.9 Å². The van der Waals surface area contributed by atoms with Crippen molar-refractivity contribution in [1.29, 1.82) is 0 Å². The second-order valence-corrected chi connectivity index (χ2v) is 3.57. The average Bonchev–Trinajstić information content (AvgIpc) is 2.55. The molecule has 0 saturated carbocycles. The van der Waals surface area contributed by atoms with Gasteiger partial charge in [0.15, 0.2) is 0 Å². The molecule has 3 amide bonds. The standard InChI is InChI=1S/C12H9NO4/c14-10-7-9(11(15)13(10)12(16)17)6-8-4-2-1-3-5-8/h1-6H,7H2,(H,16,17). The summed E-state index contributed by atoms with van der Waals surface area (Å²) >= 11 is 0. The molecule has 1 aromatic carbocycles. The molecule has 17 heavy (non-hydrogen) atoms. The van der Waals surface area contributed by atoms with Crippen molar-refractivity contribution >= 4 is 24.0 Å². The van der Waals surface area contributed by atoms with E-state index in [1.165, 1.54) is 6.08 Å². The number of imide groups is 3. The van der Waals surface area contributed by atoms with Crippen LogP contribution in [0.2, 0.25) is 0 Å². The highest BCUT2D eigenvalue weighted by atomic mass is 16.4. The first-order valence-electron chi connectivity index (χ1n) is 4.95. The lowest BCUT2D eigenvalue weighted by Crippen LogP contribution is -2.34. The molecule has 1 aliphatic rings. The van der Waals surface area contributed by atoms with E-state index in [-0.39, 0.29) is 16.9 Å². The molecule has 0 spiro atoms. The number of rotatable bonds is 1. The van der Waals surface area contributed by atoms with E-state index in [0.29, 0.717) is 0 Å². The van der Waals surface area contributed by atoms with Crippen molar-refractivity contribution < 1.29 is 19.5 Å². The van der Waals surface area contributed by atoms with E-state index in [1.807, 2.05) is 6.07 Å². The number of likely N-dealkylation sites (tertiary alicyclic amines) is 1. The van der Waals surface area contributed by atoms with Crippen molar-refractivity contribution in [2.45, 2.75) is 6.42 Å². The van der Waals surface area contributed by atoms with Crippen molar-refractivity contribution in [2.75, 3.05) is 0 Å². The maximum absolute atomic E-state index is 11.6. The summed E-state index contributed by atoms with van der Waals surface area (Å²) in [6.45, 7) is 0. The van der Waals surface area contributed by atoms with Crippen LogP contribution in [0.4, 0.5) is 4.79 Å². The summed E-state index contributed by atoms with van der Waals surface area (Å²) in [6.07, 6.45) is -0.167. The van der Waals surface area contributed by atoms with Gasteiger partial charge in [0.2, 0.25) is 5.91 Å². The van der Waals surface area contributed by atoms with Crippen LogP contribution < -0.4 is 0 Å². The summed E-state index contributed by atoms with van der Waals surface area (Å²) < 4.78 is 0. The Labute approximate surface area is 97.0 Å². The number of nitrogens with zero attached hydrogens (tertiary/aromatic N) is 1. The number of benzene rings is 1. The molecule has 1 heterocycles. The van der Waals surface area contributed by atoms with Crippen LogP contribution >= 0.6 is 0 Å². The number of carbonyl (C=O) groups excluding carboxylic acids is 2. The SMILES string of the molecule is O=C(O)N1C(=O)CC(=Cc2ccccc2)C1=O. The minimum absolute atomic E-state index is 0.167. The Balaban J connectivity index is 2.31. The van der Waals surface area contributed by atoms with E-state index in [4.69, 9.17) is 5.11 Å². The minimum Gasteiger partial charge on any atom is -0.464 e. The van der Waals surface area contributed by atoms with Crippen molar-refractivity contribution in [1.82, 2.24) is 4.90 Å². The summed E-state index contributed by atoms with van der Waals surface area (Å²) in [5, 5.41) is 8.69. The van der Waals surface area contributed by atoms with Crippen LogP contribution in [0, 0.1) is 0 Å². The van der Waals surface area contributed by atoms with Gasteiger partial charge in [0.05, 0.1) is 6.42 Å². The lowest BCUT2D eigenvalue weighted by atomic mass is 10.1. The highest BCUT2D eigenvalue weighted by Crippen LogP contribution is 2.21. The zero-order chi connectivity index (χ0) is 12.4. The number of hydrogen-bond donors (Lipinski definition) is 1. The fraction of sp³-hybridized carbons (Fsp3) is 0.0833. The molecular weight excluding hydrogens is 222 g/mol. The molecule has 0 unspecified atom stereocenters. The molecule has 0 aliphatic carbocycles. The highest BCUT2D eigenvalue weighted by Gasteiger charge is 2.38. The molecule has 1 aromatic rings. The maximum Gasteiger partial charge on any atom is 0.421 e. The van der Waals surface area contributed by atoms with Crippen LogP contribution in [0.25, 0.3) is 6.08 Å². The van der Waals surface area contributed by atoms with Crippen LogP contribution in [0.3, 0.4) is 0 Å². The monoisotopic (exact) mass is 231 g/mol. The second-order valence-electron chi connectivity index (χ2n) is 3.57. The van der Waals surface area contributed by atoms with Crippen molar-refractivity contribution in [3.8, 4) is 0 Å². The van der Waals surface area contributed by atoms with Gasteiger partial charge in [-0.1, -0.05) is 30.3 Å². The molecule has 0 atom stereocenters. The molecule has 0 bridgehead atoms. The largest absolute Gasteiger partial charge is 0.464 e. The quantitative estimate of drug-likeness (QED) is 0.587. The van der Waals surface area contributed by atoms with E-state index in [2.05, 4.69) is 0 Å². The first-order chi connectivity index (χ1) is 8.09. The van der Waals surface area contributed by atoms with Gasteiger partial charge in [-0.3, -0.25) is 9.59 Å². The number of hydrogen-bond acceptors (Lipinski definition) is 3. The zero-order valence-electron chi connectivity index (χ0n) is 8.79. The van der Waals surface area contributed by atoms with Crippen molar-refractivity contribution in [3.63, 3.8) is 0 Å². The molecule has 0 radical (unpaired) electrons. The first-order valence-corrected chi connectivity index (χ1v) is 4.95. The van der Waals surface area contributed by atoms with Gasteiger partial charge in [0.1, 0.15) is 0 Å². The normalized spacial score (nSPS) is 17.9. The van der Waals surface area contributed by atoms with Gasteiger partial charge in [-0.2, -0.15) is 4.90 Å². The summed E-state index contributed by atoms with van der Waals surface area (Å²) in [5.41, 5.74) is 0.958. The molecule has 86 valence electrons. The van der Waals surface area contributed by atoms with Gasteiger partial charge < -0.3 is 5.11 Å². The van der Waals surface area contributed by atoms with Crippen LogP contribution in [-0.2, 0) is 9.59 Å². The van der Waals surface area contributed by atoms with E-state index >= 15 is 0 Å². The lowest BCUT2D eigenvalue weighted by molar-refractivity contribution is -0.134. The predicted octanol–water partition coefficient (Wildman–Crippen LogP) is 1.51. The molecule has 0 aromatic heterocycles. The van der Waals surface area contributed by atoms with Gasteiger partial charge in [0, 0.05) is 5.57 Å². The van der Waals surface area contributed by atoms with E-state index in [0.717, 1.165) is 5.56 Å². The Hall–Kier alpha value is -2.43. The van der Waals surface area contributed by atoms with Crippen molar-refractivity contribution in [2.24, 2.45) is 0 Å². The number of carbonyl (C=O) groups is 3. The van der Waals surface area contributed by atoms with Gasteiger partial charge >= 0.3 is 6.09 Å². The Morgan fingerprint density at radius 3 is 2.41 bits per heavy atom. The molecule has 5 nitrogen and oxygen atoms in total. The zero-order valence-corrected chi connectivity index (χ0v) is 8.79. The highest BCUT2D eigenvalue weighted by molar-refractivity contribution is 6.22. The molecule has 1 N–H and O–H groups in total. The van der Waals surface area contributed by atoms with Crippen LogP contribution in [0.5, 0.6) is 0 Å². The van der Waals surface area contributed by atoms with Crippen LogP contribution in [0.1, 0.15) is 12.0 Å². The molecule has 1 saturated heterocycles. The minimum atomic E-state index is -1.53. The predicted molar refractivity (Wildman–Crippen MR) is 58.9 cm³/mol. The molecule has 1 fully saturated rings. The lowest BCUT2D eigenvalue weighted by Gasteiger charge is -2.04. The molecule has 5 heteroatoms. The summed E-state index contributed by atoms with van der Waals surface area (Å²) in [5.74, 6) is -1.46. The third kappa shape index (κ3) is 2.08. The fourth-order valence-electron chi connectivity index (χ4n) is 1.63. The van der Waals surface area contributed by atoms with E-state index in [1.54, 1.807) is 24.3 Å². The second kappa shape index (κ2) is 4.21. The maximum atomic E-state index is 11.6. The number of amides is 3. The Morgan fingerprint density at radius 2 is 1.88 bits per heavy atom. The average molecular weight is 231 g/mol. The molecular formula is C12H9NO4. The van der Waals surface area contributed by atoms with Gasteiger partial charge in [-0.15, -0.1) is 0 Å². The smallest absolute Gasteiger partial charge is 0.421 e. The van der Waals surface area contributed by atoms with Crippen LogP contribution in [0.15, 0.2) is 35.9 Å². The molecule has 1 aliphatic heterocycles. The third-order valence-electron chi connectivity index (χ3n) is 2.40. The van der Waals surface area contributed by atoms with Gasteiger partial charge in [-0.25, -0.2) is 4.79 Å².